The number of rotatable bonds is 5. The summed E-state index contributed by atoms with van der Waals surface area (Å²) in [4.78, 5) is 0. The average molecular weight is 295 g/mol. The van der Waals surface area contributed by atoms with E-state index in [0.717, 1.165) is 17.8 Å². The second-order valence-electron chi connectivity index (χ2n) is 4.52. The predicted octanol–water partition coefficient (Wildman–Crippen LogP) is 3.21. The molecule has 5 heteroatoms. The Balaban J connectivity index is 2.47. The van der Waals surface area contributed by atoms with Gasteiger partial charge in [-0.2, -0.15) is 5.10 Å². The first-order chi connectivity index (χ1) is 9.60. The molecule has 1 aromatic heterocycles. The number of hydrogen-bond acceptors (Lipinski definition) is 3. The van der Waals surface area contributed by atoms with E-state index < -0.39 is 6.10 Å². The first-order valence-electron chi connectivity index (χ1n) is 6.68. The van der Waals surface area contributed by atoms with Crippen LogP contribution in [0.2, 0.25) is 5.02 Å². The zero-order chi connectivity index (χ0) is 14.7. The minimum absolute atomic E-state index is 0.568. The molecule has 0 radical (unpaired) electrons. The van der Waals surface area contributed by atoms with Crippen LogP contribution in [0, 0.1) is 0 Å². The molecule has 1 N–H and O–H groups in total. The summed E-state index contributed by atoms with van der Waals surface area (Å²) in [5, 5.41) is 15.7. The SMILES string of the molecule is CCc1cc(C(O)c2cc(Cl)ccc2OC)n(CC)n1. The molecule has 108 valence electrons. The highest BCUT2D eigenvalue weighted by atomic mass is 35.5. The molecule has 2 aromatic rings. The van der Waals surface area contributed by atoms with Gasteiger partial charge in [-0.3, -0.25) is 4.68 Å². The standard InChI is InChI=1S/C15H19ClN2O2/c1-4-11-9-13(18(5-2)17-11)15(19)12-8-10(16)6-7-14(12)20-3/h6-9,15,19H,4-5H2,1-3H3. The molecule has 1 unspecified atom stereocenters. The van der Waals surface area contributed by atoms with Crippen LogP contribution in [0.1, 0.15) is 36.9 Å². The Morgan fingerprint density at radius 3 is 2.70 bits per heavy atom. The first-order valence-corrected chi connectivity index (χ1v) is 7.06. The lowest BCUT2D eigenvalue weighted by Gasteiger charge is -2.16. The fourth-order valence-electron chi connectivity index (χ4n) is 2.21. The van der Waals surface area contributed by atoms with Crippen LogP contribution in [0.3, 0.4) is 0 Å². The van der Waals surface area contributed by atoms with Gasteiger partial charge in [-0.15, -0.1) is 0 Å². The van der Waals surface area contributed by atoms with E-state index in [0.29, 0.717) is 22.9 Å². The van der Waals surface area contributed by atoms with Gasteiger partial charge in [0.2, 0.25) is 0 Å². The number of benzene rings is 1. The van der Waals surface area contributed by atoms with Crippen molar-refractivity contribution in [1.29, 1.82) is 0 Å². The summed E-state index contributed by atoms with van der Waals surface area (Å²) in [5.41, 5.74) is 2.36. The molecule has 0 spiro atoms. The summed E-state index contributed by atoms with van der Waals surface area (Å²) < 4.78 is 7.11. The largest absolute Gasteiger partial charge is 0.496 e. The van der Waals surface area contributed by atoms with Crippen LogP contribution in [-0.4, -0.2) is 22.0 Å². The Morgan fingerprint density at radius 2 is 2.10 bits per heavy atom. The van der Waals surface area contributed by atoms with Gasteiger partial charge in [0.25, 0.3) is 0 Å². The van der Waals surface area contributed by atoms with Crippen molar-refractivity contribution in [2.24, 2.45) is 0 Å². The Bertz CT molecular complexity index is 596. The van der Waals surface area contributed by atoms with Crippen LogP contribution in [0.5, 0.6) is 5.75 Å². The lowest BCUT2D eigenvalue weighted by atomic mass is 10.0. The van der Waals surface area contributed by atoms with Gasteiger partial charge in [0.1, 0.15) is 11.9 Å². The monoisotopic (exact) mass is 294 g/mol. The van der Waals surface area contributed by atoms with E-state index in [4.69, 9.17) is 16.3 Å². The van der Waals surface area contributed by atoms with E-state index in [2.05, 4.69) is 5.10 Å². The zero-order valence-electron chi connectivity index (χ0n) is 11.9. The van der Waals surface area contributed by atoms with Gasteiger partial charge >= 0.3 is 0 Å². The quantitative estimate of drug-likeness (QED) is 0.921. The molecule has 0 amide bonds. The Labute approximate surface area is 123 Å². The van der Waals surface area contributed by atoms with E-state index >= 15 is 0 Å². The third-order valence-electron chi connectivity index (χ3n) is 3.29. The van der Waals surface area contributed by atoms with Crippen molar-refractivity contribution in [2.75, 3.05) is 7.11 Å². The number of aliphatic hydroxyl groups is 1. The van der Waals surface area contributed by atoms with Gasteiger partial charge in [-0.05, 0) is 37.6 Å². The maximum atomic E-state index is 10.6. The van der Waals surface area contributed by atoms with E-state index in [-0.39, 0.29) is 0 Å². The van der Waals surface area contributed by atoms with Crippen molar-refractivity contribution < 1.29 is 9.84 Å². The zero-order valence-corrected chi connectivity index (χ0v) is 12.7. The molecular formula is C15H19ClN2O2. The summed E-state index contributed by atoms with van der Waals surface area (Å²) in [6, 6.07) is 7.15. The Hall–Kier alpha value is -1.52. The number of methoxy groups -OCH3 is 1. The fraction of sp³-hybridized carbons (Fsp3) is 0.400. The topological polar surface area (TPSA) is 47.3 Å². The number of nitrogens with zero attached hydrogens (tertiary/aromatic N) is 2. The minimum Gasteiger partial charge on any atom is -0.496 e. The molecule has 1 atom stereocenters. The van der Waals surface area contributed by atoms with Gasteiger partial charge in [0.15, 0.2) is 0 Å². The second kappa shape index (κ2) is 6.29. The van der Waals surface area contributed by atoms with E-state index in [9.17, 15) is 5.11 Å². The lowest BCUT2D eigenvalue weighted by Crippen LogP contribution is -2.10. The molecule has 0 aliphatic heterocycles. The van der Waals surface area contributed by atoms with Crippen molar-refractivity contribution in [1.82, 2.24) is 9.78 Å². The first kappa shape index (κ1) is 14.9. The number of aromatic nitrogens is 2. The molecule has 0 fully saturated rings. The smallest absolute Gasteiger partial charge is 0.125 e. The van der Waals surface area contributed by atoms with Crippen LogP contribution in [0.4, 0.5) is 0 Å². The molecule has 2 rings (SSSR count). The number of aliphatic hydroxyl groups excluding tert-OH is 1. The number of hydrogen-bond donors (Lipinski definition) is 1. The van der Waals surface area contributed by atoms with E-state index in [1.54, 1.807) is 25.3 Å². The van der Waals surface area contributed by atoms with Crippen LogP contribution >= 0.6 is 11.6 Å². The van der Waals surface area contributed by atoms with Crippen molar-refractivity contribution in [3.63, 3.8) is 0 Å². The van der Waals surface area contributed by atoms with Gasteiger partial charge in [0, 0.05) is 17.1 Å². The van der Waals surface area contributed by atoms with Gasteiger partial charge in [-0.25, -0.2) is 0 Å². The van der Waals surface area contributed by atoms with Gasteiger partial charge in [0.05, 0.1) is 18.5 Å². The van der Waals surface area contributed by atoms with Crippen LogP contribution in [-0.2, 0) is 13.0 Å². The third-order valence-corrected chi connectivity index (χ3v) is 3.53. The van der Waals surface area contributed by atoms with E-state index in [1.807, 2.05) is 24.6 Å². The van der Waals surface area contributed by atoms with Crippen molar-refractivity contribution >= 4 is 11.6 Å². The Kier molecular flexibility index (Phi) is 4.68. The summed E-state index contributed by atoms with van der Waals surface area (Å²) in [6.45, 7) is 4.74. The summed E-state index contributed by atoms with van der Waals surface area (Å²) in [7, 11) is 1.58. The molecule has 0 saturated carbocycles. The van der Waals surface area contributed by atoms with Crippen molar-refractivity contribution in [3.8, 4) is 5.75 Å². The highest BCUT2D eigenvalue weighted by Gasteiger charge is 2.20. The molecule has 0 aliphatic rings. The van der Waals surface area contributed by atoms with Crippen LogP contribution in [0.25, 0.3) is 0 Å². The second-order valence-corrected chi connectivity index (χ2v) is 4.96. The molecule has 0 saturated heterocycles. The molecule has 20 heavy (non-hydrogen) atoms. The maximum Gasteiger partial charge on any atom is 0.125 e. The summed E-state index contributed by atoms with van der Waals surface area (Å²) in [5.74, 6) is 0.615. The van der Waals surface area contributed by atoms with Crippen LogP contribution in [0.15, 0.2) is 24.3 Å². The average Bonchev–Trinajstić information content (AvgIpc) is 2.89. The normalized spacial score (nSPS) is 12.4. The number of halogens is 1. The predicted molar refractivity (Wildman–Crippen MR) is 79.3 cm³/mol. The molecule has 1 heterocycles. The number of ether oxygens (including phenoxy) is 1. The number of aryl methyl sites for hydroxylation is 2. The molecule has 0 bridgehead atoms. The van der Waals surface area contributed by atoms with Crippen molar-refractivity contribution in [2.45, 2.75) is 32.9 Å². The summed E-state index contributed by atoms with van der Waals surface area (Å²) in [6.07, 6.45) is 0.0238. The van der Waals surface area contributed by atoms with Gasteiger partial charge in [-0.1, -0.05) is 18.5 Å². The Morgan fingerprint density at radius 1 is 1.35 bits per heavy atom. The van der Waals surface area contributed by atoms with Crippen LogP contribution < -0.4 is 4.74 Å². The minimum atomic E-state index is -0.809. The molecule has 0 aliphatic carbocycles. The van der Waals surface area contributed by atoms with Crippen molar-refractivity contribution in [3.05, 3.63) is 46.2 Å². The maximum absolute atomic E-state index is 10.6. The van der Waals surface area contributed by atoms with E-state index in [1.165, 1.54) is 0 Å². The third kappa shape index (κ3) is 2.81. The fourth-order valence-corrected chi connectivity index (χ4v) is 2.39. The highest BCUT2D eigenvalue weighted by molar-refractivity contribution is 6.30. The molecule has 1 aromatic carbocycles. The summed E-state index contributed by atoms with van der Waals surface area (Å²) >= 11 is 6.02. The molecular weight excluding hydrogens is 276 g/mol. The lowest BCUT2D eigenvalue weighted by molar-refractivity contribution is 0.203. The highest BCUT2D eigenvalue weighted by Crippen LogP contribution is 2.32. The van der Waals surface area contributed by atoms with Gasteiger partial charge < -0.3 is 9.84 Å². The molecule has 4 nitrogen and oxygen atoms in total.